The molecule has 3 heterocycles. The van der Waals surface area contributed by atoms with Gasteiger partial charge < -0.3 is 20.4 Å². The molecule has 2 aliphatic rings. The first-order valence-corrected chi connectivity index (χ1v) is 10.9. The number of benzene rings is 2. The van der Waals surface area contributed by atoms with Gasteiger partial charge in [-0.25, -0.2) is 4.98 Å². The van der Waals surface area contributed by atoms with E-state index in [4.69, 9.17) is 5.73 Å². The number of anilines is 3. The molecule has 2 amide bonds. The Kier molecular flexibility index (Phi) is 5.23. The van der Waals surface area contributed by atoms with Crippen LogP contribution in [0.1, 0.15) is 26.3 Å². The zero-order chi connectivity index (χ0) is 22.1. The molecule has 0 bridgehead atoms. The van der Waals surface area contributed by atoms with Gasteiger partial charge in [0.2, 0.25) is 5.91 Å². The first-order valence-electron chi connectivity index (χ1n) is 10.9. The van der Waals surface area contributed by atoms with Crippen molar-refractivity contribution >= 4 is 29.0 Å². The van der Waals surface area contributed by atoms with Crippen LogP contribution >= 0.6 is 0 Å². The van der Waals surface area contributed by atoms with Crippen LogP contribution in [0.2, 0.25) is 0 Å². The van der Waals surface area contributed by atoms with Gasteiger partial charge in [0.25, 0.3) is 5.91 Å². The quantitative estimate of drug-likeness (QED) is 0.692. The van der Waals surface area contributed by atoms with Gasteiger partial charge in [0.05, 0.1) is 5.56 Å². The Labute approximate surface area is 187 Å². The minimum atomic E-state index is -0.414. The molecule has 7 heteroatoms. The molecule has 1 fully saturated rings. The zero-order valence-corrected chi connectivity index (χ0v) is 17.8. The summed E-state index contributed by atoms with van der Waals surface area (Å²) in [6.07, 6.45) is 2.58. The van der Waals surface area contributed by atoms with E-state index in [0.29, 0.717) is 17.7 Å². The third-order valence-electron chi connectivity index (χ3n) is 6.25. The number of pyridine rings is 1. The Morgan fingerprint density at radius 2 is 1.47 bits per heavy atom. The molecule has 0 radical (unpaired) electrons. The Morgan fingerprint density at radius 3 is 2.16 bits per heavy atom. The van der Waals surface area contributed by atoms with Crippen molar-refractivity contribution < 1.29 is 9.59 Å². The fourth-order valence-electron chi connectivity index (χ4n) is 4.43. The Bertz CT molecular complexity index is 1140. The summed E-state index contributed by atoms with van der Waals surface area (Å²) in [6, 6.07) is 19.3. The lowest BCUT2D eigenvalue weighted by atomic mass is 10.1. The Balaban J connectivity index is 1.22. The van der Waals surface area contributed by atoms with E-state index in [1.54, 1.807) is 18.3 Å². The Hall–Kier alpha value is -3.87. The van der Waals surface area contributed by atoms with Crippen LogP contribution in [0.25, 0.3) is 0 Å². The van der Waals surface area contributed by atoms with Crippen molar-refractivity contribution in [2.24, 2.45) is 5.73 Å². The van der Waals surface area contributed by atoms with Crippen molar-refractivity contribution in [3.63, 3.8) is 0 Å². The molecular weight excluding hydrogens is 402 g/mol. The molecule has 0 spiro atoms. The fourth-order valence-corrected chi connectivity index (χ4v) is 4.43. The highest BCUT2D eigenvalue weighted by Crippen LogP contribution is 2.29. The molecule has 5 rings (SSSR count). The monoisotopic (exact) mass is 427 g/mol. The van der Waals surface area contributed by atoms with E-state index in [-0.39, 0.29) is 5.91 Å². The number of hydrogen-bond acceptors (Lipinski definition) is 5. The minimum absolute atomic E-state index is 0.00164. The minimum Gasteiger partial charge on any atom is -0.368 e. The number of amides is 2. The average molecular weight is 428 g/mol. The first-order chi connectivity index (χ1) is 15.6. The number of hydrogen-bond donors (Lipinski definition) is 1. The third-order valence-corrected chi connectivity index (χ3v) is 6.25. The largest absolute Gasteiger partial charge is 0.368 e. The second kappa shape index (κ2) is 8.34. The molecule has 2 aromatic carbocycles. The summed E-state index contributed by atoms with van der Waals surface area (Å²) in [6.45, 7) is 4.07. The van der Waals surface area contributed by atoms with E-state index in [0.717, 1.165) is 49.8 Å². The highest BCUT2D eigenvalue weighted by molar-refractivity contribution is 6.07. The smallest absolute Gasteiger partial charge is 0.259 e. The number of nitrogens with zero attached hydrogens (tertiary/aromatic N) is 4. The van der Waals surface area contributed by atoms with Crippen LogP contribution in [0.5, 0.6) is 0 Å². The summed E-state index contributed by atoms with van der Waals surface area (Å²) < 4.78 is 0. The number of nitrogens with two attached hydrogens (primary N) is 1. The zero-order valence-electron chi connectivity index (χ0n) is 17.8. The molecule has 7 nitrogen and oxygen atoms in total. The van der Waals surface area contributed by atoms with Gasteiger partial charge in [0, 0.05) is 55.9 Å². The van der Waals surface area contributed by atoms with Crippen molar-refractivity contribution in [2.45, 2.75) is 6.42 Å². The number of piperazine rings is 1. The Morgan fingerprint density at radius 1 is 0.781 bits per heavy atom. The van der Waals surface area contributed by atoms with Crippen LogP contribution in [0, 0.1) is 0 Å². The van der Waals surface area contributed by atoms with Gasteiger partial charge in [-0.15, -0.1) is 0 Å². The number of carbonyl (C=O) groups is 2. The third kappa shape index (κ3) is 3.77. The van der Waals surface area contributed by atoms with Gasteiger partial charge in [-0.1, -0.05) is 18.2 Å². The molecule has 0 atom stereocenters. The molecule has 32 heavy (non-hydrogen) atoms. The fraction of sp³-hybridized carbons (Fsp3) is 0.240. The lowest BCUT2D eigenvalue weighted by Gasteiger charge is -2.36. The highest BCUT2D eigenvalue weighted by atomic mass is 16.2. The molecule has 0 aliphatic carbocycles. The van der Waals surface area contributed by atoms with E-state index < -0.39 is 5.91 Å². The van der Waals surface area contributed by atoms with Crippen LogP contribution in [-0.4, -0.2) is 49.5 Å². The number of aromatic nitrogens is 1. The van der Waals surface area contributed by atoms with E-state index >= 15 is 0 Å². The molecule has 2 N–H and O–H groups in total. The first kappa shape index (κ1) is 20.1. The average Bonchev–Trinajstić information content (AvgIpc) is 3.28. The maximum Gasteiger partial charge on any atom is 0.259 e. The van der Waals surface area contributed by atoms with Crippen molar-refractivity contribution in [1.82, 2.24) is 4.98 Å². The molecule has 3 aromatic rings. The summed E-state index contributed by atoms with van der Waals surface area (Å²) >= 11 is 0. The molecule has 2 aliphatic heterocycles. The molecular formula is C25H25N5O2. The SMILES string of the molecule is NC(=O)c1ccc(N2CCN(c3ccc(C(=O)N4CCc5ccccc54)cn3)CC2)cc1. The maximum atomic E-state index is 13.0. The van der Waals surface area contributed by atoms with Crippen LogP contribution < -0.4 is 20.4 Å². The maximum absolute atomic E-state index is 13.0. The van der Waals surface area contributed by atoms with Crippen LogP contribution in [-0.2, 0) is 6.42 Å². The van der Waals surface area contributed by atoms with E-state index in [2.05, 4.69) is 20.9 Å². The molecule has 0 saturated carbocycles. The number of fused-ring (bicyclic) bond motifs is 1. The molecule has 162 valence electrons. The van der Waals surface area contributed by atoms with Crippen molar-refractivity contribution in [1.29, 1.82) is 0 Å². The van der Waals surface area contributed by atoms with Gasteiger partial charge >= 0.3 is 0 Å². The highest BCUT2D eigenvalue weighted by Gasteiger charge is 2.26. The van der Waals surface area contributed by atoms with Gasteiger partial charge in [0.1, 0.15) is 5.82 Å². The lowest BCUT2D eigenvalue weighted by Crippen LogP contribution is -2.46. The van der Waals surface area contributed by atoms with Crippen molar-refractivity contribution in [2.75, 3.05) is 47.4 Å². The lowest BCUT2D eigenvalue weighted by molar-refractivity contribution is 0.0985. The van der Waals surface area contributed by atoms with Crippen LogP contribution in [0.4, 0.5) is 17.2 Å². The summed E-state index contributed by atoms with van der Waals surface area (Å²) in [7, 11) is 0. The van der Waals surface area contributed by atoms with Crippen LogP contribution in [0.15, 0.2) is 66.9 Å². The predicted molar refractivity (Wildman–Crippen MR) is 125 cm³/mol. The summed E-state index contributed by atoms with van der Waals surface area (Å²) in [4.78, 5) is 35.2. The topological polar surface area (TPSA) is 82.8 Å². The summed E-state index contributed by atoms with van der Waals surface area (Å²) in [5.41, 5.74) is 9.74. The van der Waals surface area contributed by atoms with Crippen molar-refractivity contribution in [3.8, 4) is 0 Å². The van der Waals surface area contributed by atoms with E-state index in [9.17, 15) is 9.59 Å². The van der Waals surface area contributed by atoms with Crippen molar-refractivity contribution in [3.05, 3.63) is 83.6 Å². The number of carbonyl (C=O) groups excluding carboxylic acids is 2. The molecule has 0 unspecified atom stereocenters. The molecule has 1 saturated heterocycles. The van der Waals surface area contributed by atoms with Gasteiger partial charge in [-0.2, -0.15) is 0 Å². The van der Waals surface area contributed by atoms with Crippen LogP contribution in [0.3, 0.4) is 0 Å². The predicted octanol–water partition coefficient (Wildman–Crippen LogP) is 2.71. The van der Waals surface area contributed by atoms with E-state index in [1.165, 1.54) is 5.56 Å². The summed E-state index contributed by atoms with van der Waals surface area (Å²) in [5, 5.41) is 0. The second-order valence-corrected chi connectivity index (χ2v) is 8.13. The summed E-state index contributed by atoms with van der Waals surface area (Å²) in [5.74, 6) is 0.466. The standard InChI is InChI=1S/C25H25N5O2/c26-24(31)19-5-8-21(9-6-19)28-13-15-29(16-14-28)23-10-7-20(17-27-23)25(32)30-12-11-18-3-1-2-4-22(18)30/h1-10,17H,11-16H2,(H2,26,31). The molecule has 1 aromatic heterocycles. The normalized spacial score (nSPS) is 15.6. The number of primary amides is 1. The van der Waals surface area contributed by atoms with Gasteiger partial charge in [-0.3, -0.25) is 9.59 Å². The number of para-hydroxylation sites is 1. The van der Waals surface area contributed by atoms with Gasteiger partial charge in [0.15, 0.2) is 0 Å². The second-order valence-electron chi connectivity index (χ2n) is 8.13. The number of rotatable bonds is 4. The van der Waals surface area contributed by atoms with Gasteiger partial charge in [-0.05, 0) is 54.4 Å². The van der Waals surface area contributed by atoms with E-state index in [1.807, 2.05) is 47.4 Å².